The minimum absolute atomic E-state index is 0.132. The number of aryl methyl sites for hydroxylation is 2. The van der Waals surface area contributed by atoms with E-state index in [4.69, 9.17) is 30.8 Å². The quantitative estimate of drug-likeness (QED) is 0.245. The van der Waals surface area contributed by atoms with Crippen LogP contribution in [-0.2, 0) is 22.4 Å². The van der Waals surface area contributed by atoms with Gasteiger partial charge in [-0.25, -0.2) is 4.98 Å². The van der Waals surface area contributed by atoms with E-state index < -0.39 is 5.60 Å². The Kier molecular flexibility index (Phi) is 7.10. The molecule has 198 valence electrons. The number of hydrogen-bond donors (Lipinski definition) is 0. The second-order valence-corrected chi connectivity index (χ2v) is 11.1. The summed E-state index contributed by atoms with van der Waals surface area (Å²) >= 11 is 6.29. The molecule has 0 unspecified atom stereocenters. The molecule has 1 aliphatic heterocycles. The van der Waals surface area contributed by atoms with Crippen LogP contribution in [0.3, 0.4) is 0 Å². The number of halogens is 1. The molecule has 0 fully saturated rings. The van der Waals surface area contributed by atoms with Crippen molar-refractivity contribution >= 4 is 23.2 Å². The van der Waals surface area contributed by atoms with Crippen molar-refractivity contribution in [3.8, 4) is 33.9 Å². The number of imidazole rings is 1. The Balaban J connectivity index is 1.81. The Bertz CT molecular complexity index is 1520. The maximum absolute atomic E-state index is 12.8. The number of hydrogen-bond acceptors (Lipinski definition) is 5. The highest BCUT2D eigenvalue weighted by Crippen LogP contribution is 2.43. The zero-order valence-corrected chi connectivity index (χ0v) is 23.3. The second kappa shape index (κ2) is 10.3. The number of fused-ring (bicyclic) bond motifs is 2. The molecule has 2 aromatic carbocycles. The Hall–Kier alpha value is -3.51. The molecule has 0 bridgehead atoms. The molecule has 0 atom stereocenters. The van der Waals surface area contributed by atoms with Gasteiger partial charge in [-0.1, -0.05) is 23.7 Å². The molecule has 2 aromatic heterocycles. The van der Waals surface area contributed by atoms with Crippen LogP contribution in [0.5, 0.6) is 11.5 Å². The molecule has 1 aliphatic rings. The lowest BCUT2D eigenvalue weighted by molar-refractivity contribution is -0.142. The highest BCUT2D eigenvalue weighted by Gasteiger charge is 2.26. The van der Waals surface area contributed by atoms with E-state index in [2.05, 4.69) is 6.07 Å². The first-order chi connectivity index (χ1) is 18.1. The van der Waals surface area contributed by atoms with E-state index in [1.807, 2.05) is 81.7 Å². The van der Waals surface area contributed by atoms with E-state index in [1.54, 1.807) is 0 Å². The fourth-order valence-corrected chi connectivity index (χ4v) is 5.13. The number of pyridine rings is 1. The van der Waals surface area contributed by atoms with Crippen molar-refractivity contribution in [1.29, 1.82) is 0 Å². The van der Waals surface area contributed by atoms with E-state index in [0.717, 1.165) is 63.3 Å². The van der Waals surface area contributed by atoms with Gasteiger partial charge in [-0.15, -0.1) is 0 Å². The molecule has 0 saturated heterocycles. The molecule has 0 radical (unpaired) electrons. The first-order valence-corrected chi connectivity index (χ1v) is 13.4. The number of carbonyl (C=O) groups excluding carboxylic acids is 1. The Labute approximate surface area is 228 Å². The third-order valence-corrected chi connectivity index (χ3v) is 6.74. The van der Waals surface area contributed by atoms with Gasteiger partial charge in [-0.05, 0) is 82.3 Å². The highest BCUT2D eigenvalue weighted by atomic mass is 35.5. The van der Waals surface area contributed by atoms with Crippen molar-refractivity contribution in [2.45, 2.75) is 59.5 Å². The monoisotopic (exact) mass is 532 g/mol. The summed E-state index contributed by atoms with van der Waals surface area (Å²) in [6.07, 6.45) is 6.01. The van der Waals surface area contributed by atoms with E-state index in [0.29, 0.717) is 24.0 Å². The number of benzene rings is 2. The molecular formula is C31H33ClN2O4. The van der Waals surface area contributed by atoms with Crippen LogP contribution in [0, 0.1) is 6.92 Å². The molecule has 7 heteroatoms. The topological polar surface area (TPSA) is 62.1 Å². The van der Waals surface area contributed by atoms with Crippen LogP contribution in [0.25, 0.3) is 28.0 Å². The molecule has 38 heavy (non-hydrogen) atoms. The summed E-state index contributed by atoms with van der Waals surface area (Å²) in [5.41, 5.74) is 6.71. The number of esters is 1. The normalized spacial score (nSPS) is 13.2. The first-order valence-electron chi connectivity index (χ1n) is 13.0. The smallest absolute Gasteiger partial charge is 0.310 e. The number of nitrogens with zero attached hydrogens (tertiary/aromatic N) is 2. The summed E-state index contributed by atoms with van der Waals surface area (Å²) in [7, 11) is 0. The van der Waals surface area contributed by atoms with Crippen LogP contribution >= 0.6 is 11.6 Å². The van der Waals surface area contributed by atoms with Gasteiger partial charge in [0.25, 0.3) is 0 Å². The van der Waals surface area contributed by atoms with Crippen molar-refractivity contribution in [3.63, 3.8) is 0 Å². The van der Waals surface area contributed by atoms with Gasteiger partial charge in [-0.3, -0.25) is 4.79 Å². The average molecular weight is 533 g/mol. The standard InChI is InChI=1S/C31H33ClN2O4/c1-6-36-28(35)15-23-19(2)17-34-18-25(20-9-7-11-22(32)13-20)33-30(34)29(23)24-14-21-10-8-12-37-26(21)16-27(24)38-31(3,4)5/h7,9,11,13-14,16-18H,6,8,10,12,15H2,1-5H3. The Morgan fingerprint density at radius 3 is 2.74 bits per heavy atom. The van der Waals surface area contributed by atoms with Crippen molar-refractivity contribution in [2.75, 3.05) is 13.2 Å². The van der Waals surface area contributed by atoms with Gasteiger partial charge in [-0.2, -0.15) is 0 Å². The van der Waals surface area contributed by atoms with Gasteiger partial charge in [0.05, 0.1) is 25.3 Å². The number of ether oxygens (including phenoxy) is 3. The van der Waals surface area contributed by atoms with Gasteiger partial charge in [0.2, 0.25) is 0 Å². The molecule has 0 saturated carbocycles. The lowest BCUT2D eigenvalue weighted by Gasteiger charge is -2.27. The fourth-order valence-electron chi connectivity index (χ4n) is 4.94. The van der Waals surface area contributed by atoms with Crippen molar-refractivity contribution < 1.29 is 19.0 Å². The molecule has 3 heterocycles. The summed E-state index contributed by atoms with van der Waals surface area (Å²) in [5, 5.41) is 0.648. The second-order valence-electron chi connectivity index (χ2n) is 10.6. The van der Waals surface area contributed by atoms with Gasteiger partial charge in [0, 0.05) is 40.2 Å². The van der Waals surface area contributed by atoms with Crippen molar-refractivity contribution in [2.24, 2.45) is 0 Å². The molecule has 6 nitrogen and oxygen atoms in total. The molecule has 0 amide bonds. The van der Waals surface area contributed by atoms with Gasteiger partial charge >= 0.3 is 5.97 Å². The lowest BCUT2D eigenvalue weighted by atomic mass is 9.92. The third kappa shape index (κ3) is 5.37. The number of rotatable bonds is 6. The molecule has 0 aliphatic carbocycles. The zero-order valence-electron chi connectivity index (χ0n) is 22.6. The summed E-state index contributed by atoms with van der Waals surface area (Å²) in [6, 6.07) is 11.8. The van der Waals surface area contributed by atoms with Crippen LogP contribution in [-0.4, -0.2) is 34.2 Å². The lowest BCUT2D eigenvalue weighted by Crippen LogP contribution is -2.24. The summed E-state index contributed by atoms with van der Waals surface area (Å²) in [6.45, 7) is 10.9. The summed E-state index contributed by atoms with van der Waals surface area (Å²) in [5.74, 6) is 1.27. The highest BCUT2D eigenvalue weighted by molar-refractivity contribution is 6.30. The van der Waals surface area contributed by atoms with E-state index in [9.17, 15) is 4.79 Å². The molecule has 0 N–H and O–H groups in total. The maximum atomic E-state index is 12.8. The minimum atomic E-state index is -0.444. The van der Waals surface area contributed by atoms with Crippen LogP contribution < -0.4 is 9.47 Å². The van der Waals surface area contributed by atoms with E-state index >= 15 is 0 Å². The third-order valence-electron chi connectivity index (χ3n) is 6.51. The molecule has 4 aromatic rings. The van der Waals surface area contributed by atoms with Crippen molar-refractivity contribution in [3.05, 3.63) is 70.5 Å². The first kappa shape index (κ1) is 26.1. The largest absolute Gasteiger partial charge is 0.493 e. The predicted molar refractivity (Wildman–Crippen MR) is 150 cm³/mol. The van der Waals surface area contributed by atoms with Crippen LogP contribution in [0.15, 0.2) is 48.8 Å². The zero-order chi connectivity index (χ0) is 27.0. The molecule has 0 spiro atoms. The molecular weight excluding hydrogens is 500 g/mol. The predicted octanol–water partition coefficient (Wildman–Crippen LogP) is 7.24. The van der Waals surface area contributed by atoms with E-state index in [1.165, 1.54) is 0 Å². The Morgan fingerprint density at radius 2 is 2.00 bits per heavy atom. The number of carbonyl (C=O) groups is 1. The van der Waals surface area contributed by atoms with E-state index in [-0.39, 0.29) is 12.4 Å². The molecule has 5 rings (SSSR count). The summed E-state index contributed by atoms with van der Waals surface area (Å²) < 4.78 is 19.9. The Morgan fingerprint density at radius 1 is 1.18 bits per heavy atom. The van der Waals surface area contributed by atoms with Crippen LogP contribution in [0.2, 0.25) is 5.02 Å². The minimum Gasteiger partial charge on any atom is -0.493 e. The van der Waals surface area contributed by atoms with Gasteiger partial charge < -0.3 is 18.6 Å². The SMILES string of the molecule is CCOC(=O)Cc1c(C)cn2cc(-c3cccc(Cl)c3)nc2c1-c1cc2c(cc1OC(C)(C)C)OCCC2. The maximum Gasteiger partial charge on any atom is 0.310 e. The fraction of sp³-hybridized carbons (Fsp3) is 0.355. The van der Waals surface area contributed by atoms with Crippen LogP contribution in [0.1, 0.15) is 50.8 Å². The van der Waals surface area contributed by atoms with Gasteiger partial charge in [0.1, 0.15) is 22.7 Å². The van der Waals surface area contributed by atoms with Crippen molar-refractivity contribution in [1.82, 2.24) is 9.38 Å². The average Bonchev–Trinajstić information content (AvgIpc) is 3.27. The number of aromatic nitrogens is 2. The van der Waals surface area contributed by atoms with Crippen LogP contribution in [0.4, 0.5) is 0 Å². The summed E-state index contributed by atoms with van der Waals surface area (Å²) in [4.78, 5) is 17.9. The van der Waals surface area contributed by atoms with Gasteiger partial charge in [0.15, 0.2) is 0 Å².